The van der Waals surface area contributed by atoms with Crippen LogP contribution in [0.3, 0.4) is 0 Å². The number of hydrogen-bond acceptors (Lipinski definition) is 5. The van der Waals surface area contributed by atoms with Crippen molar-refractivity contribution < 1.29 is 18.3 Å². The maximum atomic E-state index is 13.2. The van der Waals surface area contributed by atoms with Gasteiger partial charge in [0, 0.05) is 19.1 Å². The van der Waals surface area contributed by atoms with Crippen molar-refractivity contribution in [1.82, 2.24) is 4.90 Å². The van der Waals surface area contributed by atoms with Crippen LogP contribution in [0, 0.1) is 5.92 Å². The number of anilines is 2. The molecular formula is C27H37N3O4S. The molecule has 35 heavy (non-hydrogen) atoms. The Labute approximate surface area is 209 Å². The molecule has 0 bridgehead atoms. The van der Waals surface area contributed by atoms with Crippen molar-refractivity contribution in [3.05, 3.63) is 53.6 Å². The van der Waals surface area contributed by atoms with Gasteiger partial charge in [-0.05, 0) is 87.0 Å². The van der Waals surface area contributed by atoms with Crippen LogP contribution < -0.4 is 9.62 Å². The number of benzene rings is 2. The Bertz CT molecular complexity index is 1120. The van der Waals surface area contributed by atoms with Crippen LogP contribution in [-0.4, -0.2) is 56.6 Å². The molecule has 2 saturated heterocycles. The molecule has 2 fully saturated rings. The molecule has 0 unspecified atom stereocenters. The van der Waals surface area contributed by atoms with Gasteiger partial charge in [0.05, 0.1) is 21.8 Å². The number of aromatic carboxylic acids is 1. The van der Waals surface area contributed by atoms with Crippen molar-refractivity contribution in [3.63, 3.8) is 0 Å². The summed E-state index contributed by atoms with van der Waals surface area (Å²) in [6.45, 7) is 8.20. The van der Waals surface area contributed by atoms with E-state index in [9.17, 15) is 18.3 Å². The average Bonchev–Trinajstić information content (AvgIpc) is 2.84. The van der Waals surface area contributed by atoms with E-state index in [1.807, 2.05) is 12.1 Å². The quantitative estimate of drug-likeness (QED) is 0.540. The van der Waals surface area contributed by atoms with E-state index >= 15 is 0 Å². The van der Waals surface area contributed by atoms with E-state index in [0.29, 0.717) is 17.6 Å². The second kappa shape index (κ2) is 11.0. The molecule has 4 rings (SSSR count). The molecule has 2 heterocycles. The van der Waals surface area contributed by atoms with Crippen molar-refractivity contribution in [3.8, 4) is 0 Å². The molecule has 0 radical (unpaired) electrons. The van der Waals surface area contributed by atoms with E-state index in [4.69, 9.17) is 0 Å². The number of sulfonamides is 1. The van der Waals surface area contributed by atoms with Crippen LogP contribution in [0.4, 0.5) is 11.4 Å². The van der Waals surface area contributed by atoms with Crippen LogP contribution in [0.15, 0.2) is 47.4 Å². The van der Waals surface area contributed by atoms with Gasteiger partial charge in [-0.1, -0.05) is 32.4 Å². The van der Waals surface area contributed by atoms with Crippen LogP contribution in [0.2, 0.25) is 0 Å². The molecule has 0 saturated carbocycles. The second-order valence-corrected chi connectivity index (χ2v) is 11.9. The fraction of sp³-hybridized carbons (Fsp3) is 0.519. The Kier molecular flexibility index (Phi) is 8.02. The first-order chi connectivity index (χ1) is 16.7. The monoisotopic (exact) mass is 499 g/mol. The molecule has 8 heteroatoms. The maximum Gasteiger partial charge on any atom is 0.335 e. The number of carboxylic acids is 1. The SMILES string of the molecule is CC(C)Cc1ccc(S(=O)(=O)Nc2cc(C(=O)O)ccc2N2CCC(N3CCCCC3)CC2)cc1. The smallest absolute Gasteiger partial charge is 0.335 e. The largest absolute Gasteiger partial charge is 0.478 e. The summed E-state index contributed by atoms with van der Waals surface area (Å²) in [7, 11) is -3.87. The Morgan fingerprint density at radius 3 is 2.26 bits per heavy atom. The first kappa shape index (κ1) is 25.5. The number of rotatable bonds is 8. The highest BCUT2D eigenvalue weighted by atomic mass is 32.2. The van der Waals surface area contributed by atoms with Crippen molar-refractivity contribution in [2.45, 2.75) is 63.3 Å². The average molecular weight is 500 g/mol. The first-order valence-corrected chi connectivity index (χ1v) is 14.2. The van der Waals surface area contributed by atoms with E-state index in [1.165, 1.54) is 38.4 Å². The number of nitrogens with one attached hydrogen (secondary N) is 1. The zero-order valence-electron chi connectivity index (χ0n) is 20.7. The molecule has 190 valence electrons. The Morgan fingerprint density at radius 2 is 1.66 bits per heavy atom. The molecule has 2 N–H and O–H groups in total. The van der Waals surface area contributed by atoms with Gasteiger partial charge < -0.3 is 14.9 Å². The highest BCUT2D eigenvalue weighted by molar-refractivity contribution is 7.92. The molecule has 0 atom stereocenters. The number of hydrogen-bond donors (Lipinski definition) is 2. The topological polar surface area (TPSA) is 89.9 Å². The zero-order chi connectivity index (χ0) is 25.0. The molecule has 2 aromatic rings. The summed E-state index contributed by atoms with van der Waals surface area (Å²) in [6.07, 6.45) is 6.76. The van der Waals surface area contributed by atoms with E-state index in [-0.39, 0.29) is 10.5 Å². The molecule has 0 aromatic heterocycles. The second-order valence-electron chi connectivity index (χ2n) is 10.2. The number of carboxylic acid groups (broad SMARTS) is 1. The molecular weight excluding hydrogens is 462 g/mol. The first-order valence-electron chi connectivity index (χ1n) is 12.7. The van der Waals surface area contributed by atoms with Gasteiger partial charge in [-0.15, -0.1) is 0 Å². The molecule has 2 aliphatic rings. The summed E-state index contributed by atoms with van der Waals surface area (Å²) in [5, 5.41) is 9.51. The van der Waals surface area contributed by atoms with E-state index < -0.39 is 16.0 Å². The molecule has 2 aromatic carbocycles. The van der Waals surface area contributed by atoms with E-state index in [0.717, 1.165) is 43.6 Å². The Hall–Kier alpha value is -2.58. The number of nitrogens with zero attached hydrogens (tertiary/aromatic N) is 2. The van der Waals surface area contributed by atoms with Crippen LogP contribution in [-0.2, 0) is 16.4 Å². The summed E-state index contributed by atoms with van der Waals surface area (Å²) in [4.78, 5) is 16.6. The van der Waals surface area contributed by atoms with Crippen molar-refractivity contribution >= 4 is 27.4 Å². The summed E-state index contributed by atoms with van der Waals surface area (Å²) in [5.41, 5.74) is 2.19. The lowest BCUT2D eigenvalue weighted by atomic mass is 9.99. The lowest BCUT2D eigenvalue weighted by Gasteiger charge is -2.41. The van der Waals surface area contributed by atoms with Gasteiger partial charge in [-0.3, -0.25) is 4.72 Å². The summed E-state index contributed by atoms with van der Waals surface area (Å²) >= 11 is 0. The third-order valence-electron chi connectivity index (χ3n) is 7.08. The van der Waals surface area contributed by atoms with Gasteiger partial charge in [0.15, 0.2) is 0 Å². The minimum atomic E-state index is -3.87. The van der Waals surface area contributed by atoms with Crippen LogP contribution in [0.1, 0.15) is 61.9 Å². The lowest BCUT2D eigenvalue weighted by Crippen LogP contribution is -2.46. The van der Waals surface area contributed by atoms with Crippen LogP contribution in [0.5, 0.6) is 0 Å². The normalized spacial score (nSPS) is 18.1. The third-order valence-corrected chi connectivity index (χ3v) is 8.46. The van der Waals surface area contributed by atoms with Gasteiger partial charge in [-0.2, -0.15) is 0 Å². The molecule has 0 amide bonds. The van der Waals surface area contributed by atoms with Gasteiger partial charge in [0.25, 0.3) is 10.0 Å². The standard InChI is InChI=1S/C27H37N3O4S/c1-20(2)18-21-6-9-24(10-7-21)35(33,34)28-25-19-22(27(31)32)8-11-26(25)30-16-12-23(13-17-30)29-14-4-3-5-15-29/h6-11,19-20,23,28H,3-5,12-18H2,1-2H3,(H,31,32). The summed E-state index contributed by atoms with van der Waals surface area (Å²) < 4.78 is 29.1. The molecule has 0 aliphatic carbocycles. The van der Waals surface area contributed by atoms with Gasteiger partial charge in [-0.25, -0.2) is 13.2 Å². The predicted molar refractivity (Wildman–Crippen MR) is 140 cm³/mol. The number of carbonyl (C=O) groups is 1. The third kappa shape index (κ3) is 6.35. The van der Waals surface area contributed by atoms with Crippen molar-refractivity contribution in [2.24, 2.45) is 5.92 Å². The van der Waals surface area contributed by atoms with Crippen molar-refractivity contribution in [2.75, 3.05) is 35.8 Å². The van der Waals surface area contributed by atoms with Gasteiger partial charge >= 0.3 is 5.97 Å². The molecule has 7 nitrogen and oxygen atoms in total. The van der Waals surface area contributed by atoms with Gasteiger partial charge in [0.1, 0.15) is 0 Å². The van der Waals surface area contributed by atoms with Crippen LogP contribution in [0.25, 0.3) is 0 Å². The summed E-state index contributed by atoms with van der Waals surface area (Å²) in [6, 6.07) is 12.2. The fourth-order valence-electron chi connectivity index (χ4n) is 5.26. The van der Waals surface area contributed by atoms with Crippen LogP contribution >= 0.6 is 0 Å². The van der Waals surface area contributed by atoms with E-state index in [1.54, 1.807) is 24.3 Å². The number of piperidine rings is 2. The van der Waals surface area contributed by atoms with E-state index in [2.05, 4.69) is 28.4 Å². The van der Waals surface area contributed by atoms with Crippen molar-refractivity contribution in [1.29, 1.82) is 0 Å². The highest BCUT2D eigenvalue weighted by Crippen LogP contribution is 2.33. The Morgan fingerprint density at radius 1 is 1.00 bits per heavy atom. The Balaban J connectivity index is 1.53. The fourth-order valence-corrected chi connectivity index (χ4v) is 6.33. The minimum absolute atomic E-state index is 0.0573. The van der Waals surface area contributed by atoms with Gasteiger partial charge in [0.2, 0.25) is 0 Å². The zero-order valence-corrected chi connectivity index (χ0v) is 21.6. The maximum absolute atomic E-state index is 13.2. The molecule has 0 spiro atoms. The highest BCUT2D eigenvalue weighted by Gasteiger charge is 2.28. The summed E-state index contributed by atoms with van der Waals surface area (Å²) in [5.74, 6) is -0.602. The predicted octanol–water partition coefficient (Wildman–Crippen LogP) is 4.84. The molecule has 2 aliphatic heterocycles. The lowest BCUT2D eigenvalue weighted by molar-refractivity contribution is 0.0697. The minimum Gasteiger partial charge on any atom is -0.478 e. The number of likely N-dealkylation sites (tertiary alicyclic amines) is 1.